The van der Waals surface area contributed by atoms with Crippen molar-refractivity contribution >= 4 is 34.9 Å². The number of hydrogen-bond donors (Lipinski definition) is 1. The van der Waals surface area contributed by atoms with Gasteiger partial charge < -0.3 is 10.6 Å². The summed E-state index contributed by atoms with van der Waals surface area (Å²) in [5, 5.41) is 0. The highest BCUT2D eigenvalue weighted by atomic mass is 32.2. The molecular formula is C9H18N2OS2. The van der Waals surface area contributed by atoms with E-state index in [-0.39, 0.29) is 22.9 Å². The number of thioether (sulfide) groups is 1. The van der Waals surface area contributed by atoms with Crippen molar-refractivity contribution in [3.05, 3.63) is 0 Å². The van der Waals surface area contributed by atoms with Crippen molar-refractivity contribution in [1.29, 1.82) is 0 Å². The third kappa shape index (κ3) is 3.84. The molecule has 0 aliphatic carbocycles. The van der Waals surface area contributed by atoms with Crippen molar-refractivity contribution < 1.29 is 4.79 Å². The molecule has 0 saturated carbocycles. The zero-order chi connectivity index (χ0) is 11.3. The molecule has 5 heteroatoms. The molecule has 0 radical (unpaired) electrons. The Balaban J connectivity index is 4.30. The van der Waals surface area contributed by atoms with Crippen LogP contribution in [0.5, 0.6) is 0 Å². The summed E-state index contributed by atoms with van der Waals surface area (Å²) >= 11 is 6.51. The van der Waals surface area contributed by atoms with E-state index in [1.165, 1.54) is 0 Å². The minimum absolute atomic E-state index is 0.000880. The molecule has 0 saturated heterocycles. The molecule has 0 fully saturated rings. The Morgan fingerprint density at radius 2 is 2.07 bits per heavy atom. The average Bonchev–Trinajstić information content (AvgIpc) is 2.14. The van der Waals surface area contributed by atoms with Crippen molar-refractivity contribution in [2.45, 2.75) is 19.9 Å². The van der Waals surface area contributed by atoms with E-state index in [4.69, 9.17) is 18.0 Å². The topological polar surface area (TPSA) is 46.3 Å². The first-order valence-electron chi connectivity index (χ1n) is 4.46. The smallest absolute Gasteiger partial charge is 0.232 e. The number of amides is 1. The quantitative estimate of drug-likeness (QED) is 0.724. The van der Waals surface area contributed by atoms with E-state index in [9.17, 15) is 4.79 Å². The fraction of sp³-hybridized carbons (Fsp3) is 0.778. The minimum atomic E-state index is -0.362. The normalized spacial score (nSPS) is 14.6. The highest BCUT2D eigenvalue weighted by Crippen LogP contribution is 2.08. The second-order valence-electron chi connectivity index (χ2n) is 3.38. The first-order valence-corrected chi connectivity index (χ1v) is 6.27. The van der Waals surface area contributed by atoms with Gasteiger partial charge in [-0.3, -0.25) is 4.79 Å². The first kappa shape index (κ1) is 13.7. The summed E-state index contributed by atoms with van der Waals surface area (Å²) in [5.41, 5.74) is 5.43. The molecule has 0 bridgehead atoms. The fourth-order valence-corrected chi connectivity index (χ4v) is 1.80. The number of nitrogens with zero attached hydrogens (tertiary/aromatic N) is 1. The molecule has 0 aliphatic heterocycles. The van der Waals surface area contributed by atoms with Crippen molar-refractivity contribution in [2.75, 3.05) is 19.1 Å². The molecular weight excluding hydrogens is 216 g/mol. The number of thiocarbonyl (C=S) groups is 1. The molecule has 0 aromatic rings. The third-order valence-electron chi connectivity index (χ3n) is 2.21. The Morgan fingerprint density at radius 1 is 1.57 bits per heavy atom. The monoisotopic (exact) mass is 234 g/mol. The Labute approximate surface area is 95.4 Å². The highest BCUT2D eigenvalue weighted by Gasteiger charge is 2.22. The zero-order valence-corrected chi connectivity index (χ0v) is 10.7. The number of rotatable bonds is 5. The lowest BCUT2D eigenvalue weighted by molar-refractivity contribution is -0.132. The standard InChI is InChI=1S/C9H18N2OS2/c1-6(5-14-4)11(3)9(12)7(2)8(10)13/h6-7H,5H2,1-4H3,(H2,10,13). The number of carbonyl (C=O) groups excluding carboxylic acids is 1. The lowest BCUT2D eigenvalue weighted by atomic mass is 10.1. The summed E-state index contributed by atoms with van der Waals surface area (Å²) < 4.78 is 0. The summed E-state index contributed by atoms with van der Waals surface area (Å²) in [7, 11) is 1.79. The van der Waals surface area contributed by atoms with Gasteiger partial charge in [-0.1, -0.05) is 12.2 Å². The van der Waals surface area contributed by atoms with E-state index < -0.39 is 0 Å². The van der Waals surface area contributed by atoms with E-state index in [1.807, 2.05) is 13.2 Å². The van der Waals surface area contributed by atoms with Crippen molar-refractivity contribution in [3.63, 3.8) is 0 Å². The van der Waals surface area contributed by atoms with Crippen LogP contribution in [0.4, 0.5) is 0 Å². The van der Waals surface area contributed by atoms with Crippen LogP contribution >= 0.6 is 24.0 Å². The molecule has 0 spiro atoms. The molecule has 82 valence electrons. The lowest BCUT2D eigenvalue weighted by Crippen LogP contribution is -2.43. The third-order valence-corrected chi connectivity index (χ3v) is 3.38. The summed E-state index contributed by atoms with van der Waals surface area (Å²) in [5.74, 6) is 0.560. The van der Waals surface area contributed by atoms with Gasteiger partial charge >= 0.3 is 0 Å². The maximum atomic E-state index is 11.7. The van der Waals surface area contributed by atoms with E-state index >= 15 is 0 Å². The van der Waals surface area contributed by atoms with Crippen molar-refractivity contribution in [1.82, 2.24) is 4.90 Å². The first-order chi connectivity index (χ1) is 6.41. The second-order valence-corrected chi connectivity index (χ2v) is 4.76. The van der Waals surface area contributed by atoms with Gasteiger partial charge in [0.1, 0.15) is 0 Å². The van der Waals surface area contributed by atoms with E-state index in [2.05, 4.69) is 0 Å². The Bertz CT molecular complexity index is 221. The predicted octanol–water partition coefficient (Wildman–Crippen LogP) is 1.12. The van der Waals surface area contributed by atoms with Gasteiger partial charge in [0, 0.05) is 18.8 Å². The van der Waals surface area contributed by atoms with E-state index in [0.29, 0.717) is 0 Å². The molecule has 0 aromatic carbocycles. The maximum Gasteiger partial charge on any atom is 0.232 e. The molecule has 0 rings (SSSR count). The van der Waals surface area contributed by atoms with Crippen molar-refractivity contribution in [2.24, 2.45) is 11.7 Å². The molecule has 2 N–H and O–H groups in total. The Kier molecular flexibility index (Phi) is 6.11. The molecule has 0 aromatic heterocycles. The molecule has 2 atom stereocenters. The van der Waals surface area contributed by atoms with Gasteiger partial charge in [0.25, 0.3) is 0 Å². The van der Waals surface area contributed by atoms with Gasteiger partial charge in [-0.05, 0) is 20.1 Å². The van der Waals surface area contributed by atoms with Crippen LogP contribution in [0.25, 0.3) is 0 Å². The van der Waals surface area contributed by atoms with Crippen LogP contribution in [0.2, 0.25) is 0 Å². The molecule has 0 heterocycles. The summed E-state index contributed by atoms with van der Waals surface area (Å²) in [6, 6.07) is 0.217. The largest absolute Gasteiger partial charge is 0.393 e. The minimum Gasteiger partial charge on any atom is -0.393 e. The number of carbonyl (C=O) groups is 1. The summed E-state index contributed by atoms with van der Waals surface area (Å²) in [4.78, 5) is 13.7. The molecule has 2 unspecified atom stereocenters. The highest BCUT2D eigenvalue weighted by molar-refractivity contribution is 7.98. The number of nitrogens with two attached hydrogens (primary N) is 1. The molecule has 3 nitrogen and oxygen atoms in total. The molecule has 14 heavy (non-hydrogen) atoms. The maximum absolute atomic E-state index is 11.7. The van der Waals surface area contributed by atoms with Gasteiger partial charge in [-0.2, -0.15) is 11.8 Å². The average molecular weight is 234 g/mol. The van der Waals surface area contributed by atoms with Gasteiger partial charge in [-0.25, -0.2) is 0 Å². The summed E-state index contributed by atoms with van der Waals surface area (Å²) in [6.45, 7) is 3.76. The van der Waals surface area contributed by atoms with Crippen LogP contribution < -0.4 is 5.73 Å². The van der Waals surface area contributed by atoms with Crippen LogP contribution in [0, 0.1) is 5.92 Å². The van der Waals surface area contributed by atoms with Gasteiger partial charge in [-0.15, -0.1) is 0 Å². The fourth-order valence-electron chi connectivity index (χ4n) is 0.997. The Hall–Kier alpha value is -0.290. The van der Waals surface area contributed by atoms with Gasteiger partial charge in [0.05, 0.1) is 10.9 Å². The number of hydrogen-bond acceptors (Lipinski definition) is 3. The van der Waals surface area contributed by atoms with Crippen LogP contribution in [-0.2, 0) is 4.79 Å². The van der Waals surface area contributed by atoms with E-state index in [0.717, 1.165) is 5.75 Å². The van der Waals surface area contributed by atoms with Crippen LogP contribution in [0.3, 0.4) is 0 Å². The van der Waals surface area contributed by atoms with Crippen molar-refractivity contribution in [3.8, 4) is 0 Å². The van der Waals surface area contributed by atoms with Gasteiger partial charge in [0.15, 0.2) is 0 Å². The van der Waals surface area contributed by atoms with Crippen LogP contribution in [0.1, 0.15) is 13.8 Å². The van der Waals surface area contributed by atoms with E-state index in [1.54, 1.807) is 30.6 Å². The zero-order valence-electron chi connectivity index (χ0n) is 9.11. The second kappa shape index (κ2) is 6.24. The predicted molar refractivity (Wildman–Crippen MR) is 66.6 cm³/mol. The lowest BCUT2D eigenvalue weighted by Gasteiger charge is -2.26. The SMILES string of the molecule is CSCC(C)N(C)C(=O)C(C)C(N)=S. The Morgan fingerprint density at radius 3 is 2.43 bits per heavy atom. The molecule has 0 aliphatic rings. The van der Waals surface area contributed by atoms with Crippen LogP contribution in [0.15, 0.2) is 0 Å². The summed E-state index contributed by atoms with van der Waals surface area (Å²) in [6.07, 6.45) is 2.02. The van der Waals surface area contributed by atoms with Gasteiger partial charge in [0.2, 0.25) is 5.91 Å². The van der Waals surface area contributed by atoms with Crippen LogP contribution in [-0.4, -0.2) is 40.9 Å². The molecule has 1 amide bonds.